The third-order valence-corrected chi connectivity index (χ3v) is 7.59. The molecule has 2 atom stereocenters. The lowest BCUT2D eigenvalue weighted by atomic mass is 9.88. The number of nitrogens with one attached hydrogen (secondary N) is 1. The summed E-state index contributed by atoms with van der Waals surface area (Å²) < 4.78 is 34.3. The molecule has 3 aromatic rings. The summed E-state index contributed by atoms with van der Waals surface area (Å²) in [5.41, 5.74) is 3.39. The number of hydrogen-bond acceptors (Lipinski definition) is 8. The topological polar surface area (TPSA) is 84.5 Å². The van der Waals surface area contributed by atoms with Gasteiger partial charge in [-0.1, -0.05) is 48.5 Å². The van der Waals surface area contributed by atoms with Gasteiger partial charge in [0.15, 0.2) is 0 Å². The number of benzene rings is 3. The lowest BCUT2D eigenvalue weighted by Gasteiger charge is -2.32. The molecule has 1 fully saturated rings. The Hall–Kier alpha value is -3.59. The average molecular weight is 592 g/mol. The van der Waals surface area contributed by atoms with Crippen LogP contribution < -0.4 is 19.5 Å². The van der Waals surface area contributed by atoms with Crippen molar-refractivity contribution in [3.8, 4) is 17.2 Å². The van der Waals surface area contributed by atoms with Crippen molar-refractivity contribution in [2.75, 3.05) is 53.7 Å². The number of para-hydroxylation sites is 2. The molecule has 1 N–H and O–H groups in total. The van der Waals surface area contributed by atoms with Gasteiger partial charge in [0.2, 0.25) is 0 Å². The number of hydrogen-bond donors (Lipinski definition) is 1. The minimum Gasteiger partial charge on any atom is -0.496 e. The van der Waals surface area contributed by atoms with Crippen LogP contribution in [0.3, 0.4) is 0 Å². The Morgan fingerprint density at radius 3 is 2.37 bits per heavy atom. The van der Waals surface area contributed by atoms with E-state index in [2.05, 4.69) is 17.4 Å². The Kier molecular flexibility index (Phi) is 13.7. The molecular formula is C35H45NO7. The summed E-state index contributed by atoms with van der Waals surface area (Å²) in [6.07, 6.45) is 3.77. The first-order valence-electron chi connectivity index (χ1n) is 15.2. The molecule has 8 heteroatoms. The van der Waals surface area contributed by atoms with Crippen LogP contribution in [0.15, 0.2) is 72.8 Å². The fraction of sp³-hybridized carbons (Fsp3) is 0.457. The number of rotatable bonds is 18. The van der Waals surface area contributed by atoms with Gasteiger partial charge in [0.25, 0.3) is 0 Å². The highest BCUT2D eigenvalue weighted by Gasteiger charge is 2.27. The number of ether oxygens (including phenoxy) is 6. The first-order valence-corrected chi connectivity index (χ1v) is 15.2. The summed E-state index contributed by atoms with van der Waals surface area (Å²) in [5, 5.41) is 3.47. The van der Waals surface area contributed by atoms with E-state index in [1.807, 2.05) is 60.7 Å². The zero-order chi connectivity index (χ0) is 30.1. The van der Waals surface area contributed by atoms with Crippen molar-refractivity contribution < 1.29 is 33.2 Å². The van der Waals surface area contributed by atoms with Crippen molar-refractivity contribution in [2.45, 2.75) is 50.7 Å². The lowest BCUT2D eigenvalue weighted by Crippen LogP contribution is -2.41. The predicted molar refractivity (Wildman–Crippen MR) is 166 cm³/mol. The van der Waals surface area contributed by atoms with E-state index in [0.29, 0.717) is 45.4 Å². The fourth-order valence-corrected chi connectivity index (χ4v) is 5.28. The molecule has 232 valence electrons. The second kappa shape index (κ2) is 18.2. The molecule has 0 bridgehead atoms. The number of methoxy groups -OCH3 is 2. The number of piperidine rings is 1. The number of carbonyl (C=O) groups excluding carboxylic acids is 1. The standard InChI is InChI=1S/C35H45NO7/c1-38-32-12-5-4-10-29(32)26-40-21-8-22-41-30-17-15-27(16-18-30)31-19-20-36-25-34(31)43-24-23-42-33-13-6-3-9-28(33)11-7-14-35(37)39-2/h3-6,9-10,12-13,15-18,31,34,36H,7-8,11,14,19-26H2,1-2H3. The van der Waals surface area contributed by atoms with Gasteiger partial charge in [-0.25, -0.2) is 0 Å². The van der Waals surface area contributed by atoms with Crippen LogP contribution in [0.5, 0.6) is 17.2 Å². The molecule has 1 aliphatic rings. The van der Waals surface area contributed by atoms with E-state index >= 15 is 0 Å². The molecule has 2 unspecified atom stereocenters. The fourth-order valence-electron chi connectivity index (χ4n) is 5.28. The SMILES string of the molecule is COC(=O)CCCc1ccccc1OCCOC1CNCCC1c1ccc(OCCCOCc2ccccc2OC)cc1. The summed E-state index contributed by atoms with van der Waals surface area (Å²) in [4.78, 5) is 11.4. The first kappa shape index (κ1) is 32.3. The van der Waals surface area contributed by atoms with Crippen molar-refractivity contribution in [1.82, 2.24) is 5.32 Å². The summed E-state index contributed by atoms with van der Waals surface area (Å²) >= 11 is 0. The molecule has 4 rings (SSSR count). The van der Waals surface area contributed by atoms with Crippen LogP contribution in [0.25, 0.3) is 0 Å². The minimum atomic E-state index is -0.188. The van der Waals surface area contributed by atoms with Gasteiger partial charge in [-0.2, -0.15) is 0 Å². The summed E-state index contributed by atoms with van der Waals surface area (Å²) in [5.74, 6) is 2.67. The van der Waals surface area contributed by atoms with Gasteiger partial charge in [-0.3, -0.25) is 4.79 Å². The maximum atomic E-state index is 11.4. The van der Waals surface area contributed by atoms with Gasteiger partial charge in [-0.15, -0.1) is 0 Å². The maximum Gasteiger partial charge on any atom is 0.305 e. The minimum absolute atomic E-state index is 0.0693. The molecule has 3 aromatic carbocycles. The second-order valence-corrected chi connectivity index (χ2v) is 10.5. The Morgan fingerprint density at radius 2 is 1.58 bits per heavy atom. The summed E-state index contributed by atoms with van der Waals surface area (Å²) in [6.45, 7) is 4.48. The Balaban J connectivity index is 1.16. The van der Waals surface area contributed by atoms with Crippen molar-refractivity contribution in [2.24, 2.45) is 0 Å². The maximum absolute atomic E-state index is 11.4. The molecule has 1 heterocycles. The molecule has 1 saturated heterocycles. The Labute approximate surface area is 255 Å². The van der Waals surface area contributed by atoms with Crippen LogP contribution in [-0.4, -0.2) is 65.8 Å². The molecule has 1 aliphatic heterocycles. The van der Waals surface area contributed by atoms with Crippen LogP contribution in [0.2, 0.25) is 0 Å². The van der Waals surface area contributed by atoms with E-state index in [-0.39, 0.29) is 12.1 Å². The molecule has 8 nitrogen and oxygen atoms in total. The largest absolute Gasteiger partial charge is 0.496 e. The van der Waals surface area contributed by atoms with E-state index in [1.54, 1.807) is 7.11 Å². The quantitative estimate of drug-likeness (QED) is 0.149. The molecule has 0 radical (unpaired) electrons. The highest BCUT2D eigenvalue weighted by molar-refractivity contribution is 5.69. The van der Waals surface area contributed by atoms with Crippen molar-refractivity contribution >= 4 is 5.97 Å². The van der Waals surface area contributed by atoms with Gasteiger partial charge in [0, 0.05) is 30.9 Å². The van der Waals surface area contributed by atoms with Crippen LogP contribution in [0.4, 0.5) is 0 Å². The van der Waals surface area contributed by atoms with E-state index in [0.717, 1.165) is 67.1 Å². The molecule has 0 aliphatic carbocycles. The van der Waals surface area contributed by atoms with Crippen molar-refractivity contribution in [3.05, 3.63) is 89.5 Å². The van der Waals surface area contributed by atoms with Crippen molar-refractivity contribution in [1.29, 1.82) is 0 Å². The van der Waals surface area contributed by atoms with Gasteiger partial charge in [-0.05, 0) is 61.2 Å². The number of aryl methyl sites for hydroxylation is 1. The van der Waals surface area contributed by atoms with Gasteiger partial charge in [0.1, 0.15) is 23.9 Å². The second-order valence-electron chi connectivity index (χ2n) is 10.5. The summed E-state index contributed by atoms with van der Waals surface area (Å²) in [6, 6.07) is 24.3. The molecular weight excluding hydrogens is 546 g/mol. The van der Waals surface area contributed by atoms with Gasteiger partial charge < -0.3 is 33.7 Å². The molecule has 0 aromatic heterocycles. The zero-order valence-electron chi connectivity index (χ0n) is 25.4. The highest BCUT2D eigenvalue weighted by Crippen LogP contribution is 2.29. The van der Waals surface area contributed by atoms with Gasteiger partial charge >= 0.3 is 5.97 Å². The Bertz CT molecular complexity index is 1230. The van der Waals surface area contributed by atoms with Gasteiger partial charge in [0.05, 0.1) is 46.8 Å². The first-order chi connectivity index (χ1) is 21.2. The summed E-state index contributed by atoms with van der Waals surface area (Å²) in [7, 11) is 3.09. The molecule has 0 spiro atoms. The zero-order valence-corrected chi connectivity index (χ0v) is 25.4. The normalized spacial score (nSPS) is 16.4. The third kappa shape index (κ3) is 10.6. The molecule has 0 amide bonds. The number of carbonyl (C=O) groups is 1. The monoisotopic (exact) mass is 591 g/mol. The molecule has 0 saturated carbocycles. The Morgan fingerprint density at radius 1 is 0.814 bits per heavy atom. The third-order valence-electron chi connectivity index (χ3n) is 7.59. The average Bonchev–Trinajstić information content (AvgIpc) is 3.06. The van der Waals surface area contributed by atoms with Crippen LogP contribution in [0.1, 0.15) is 48.3 Å². The number of esters is 1. The lowest BCUT2D eigenvalue weighted by molar-refractivity contribution is -0.140. The van der Waals surface area contributed by atoms with E-state index < -0.39 is 0 Å². The van der Waals surface area contributed by atoms with E-state index in [4.69, 9.17) is 28.4 Å². The van der Waals surface area contributed by atoms with E-state index in [1.165, 1.54) is 12.7 Å². The van der Waals surface area contributed by atoms with Crippen LogP contribution >= 0.6 is 0 Å². The smallest absolute Gasteiger partial charge is 0.305 e. The highest BCUT2D eigenvalue weighted by atomic mass is 16.5. The van der Waals surface area contributed by atoms with Crippen LogP contribution in [0, 0.1) is 0 Å². The van der Waals surface area contributed by atoms with E-state index in [9.17, 15) is 4.79 Å². The van der Waals surface area contributed by atoms with Crippen molar-refractivity contribution in [3.63, 3.8) is 0 Å². The predicted octanol–water partition coefficient (Wildman–Crippen LogP) is 5.72. The van der Waals surface area contributed by atoms with Crippen LogP contribution in [-0.2, 0) is 32.0 Å². The molecule has 43 heavy (non-hydrogen) atoms.